The fraction of sp³-hybridized carbons (Fsp3) is 0.538. The van der Waals surface area contributed by atoms with Crippen molar-refractivity contribution in [3.8, 4) is 5.75 Å². The van der Waals surface area contributed by atoms with Gasteiger partial charge in [0.15, 0.2) is 0 Å². The summed E-state index contributed by atoms with van der Waals surface area (Å²) in [6, 6.07) is 5.85. The SMILES string of the molecule is CC(C)c1cc(Br)ccc1OCCOCCS(=O)(=O)Cl. The number of hydrogen-bond donors (Lipinski definition) is 0. The summed E-state index contributed by atoms with van der Waals surface area (Å²) in [5.41, 5.74) is 1.11. The van der Waals surface area contributed by atoms with E-state index in [-0.39, 0.29) is 12.4 Å². The van der Waals surface area contributed by atoms with Gasteiger partial charge in [0.1, 0.15) is 12.4 Å². The molecule has 1 aromatic rings. The van der Waals surface area contributed by atoms with Gasteiger partial charge < -0.3 is 9.47 Å². The van der Waals surface area contributed by atoms with Gasteiger partial charge in [-0.05, 0) is 29.7 Å². The molecule has 1 rings (SSSR count). The lowest BCUT2D eigenvalue weighted by Crippen LogP contribution is -2.12. The van der Waals surface area contributed by atoms with Crippen LogP contribution in [0.4, 0.5) is 0 Å². The van der Waals surface area contributed by atoms with Crippen LogP contribution in [0.25, 0.3) is 0 Å². The van der Waals surface area contributed by atoms with Crippen molar-refractivity contribution in [2.24, 2.45) is 0 Å². The van der Waals surface area contributed by atoms with Crippen molar-refractivity contribution in [1.29, 1.82) is 0 Å². The van der Waals surface area contributed by atoms with Crippen molar-refractivity contribution in [1.82, 2.24) is 0 Å². The van der Waals surface area contributed by atoms with Crippen molar-refractivity contribution in [3.05, 3.63) is 28.2 Å². The zero-order valence-corrected chi connectivity index (χ0v) is 14.6. The van der Waals surface area contributed by atoms with E-state index < -0.39 is 9.05 Å². The van der Waals surface area contributed by atoms with Gasteiger partial charge in [0.05, 0.1) is 19.0 Å². The molecule has 0 atom stereocenters. The van der Waals surface area contributed by atoms with Crippen molar-refractivity contribution in [2.45, 2.75) is 19.8 Å². The molecule has 0 heterocycles. The van der Waals surface area contributed by atoms with Gasteiger partial charge in [0.2, 0.25) is 9.05 Å². The van der Waals surface area contributed by atoms with E-state index in [0.717, 1.165) is 15.8 Å². The highest BCUT2D eigenvalue weighted by Gasteiger charge is 2.09. The van der Waals surface area contributed by atoms with Gasteiger partial charge in [-0.15, -0.1) is 0 Å². The molecule has 0 saturated heterocycles. The monoisotopic (exact) mass is 384 g/mol. The quantitative estimate of drug-likeness (QED) is 0.507. The molecule has 114 valence electrons. The lowest BCUT2D eigenvalue weighted by molar-refractivity contribution is 0.111. The third-order valence-electron chi connectivity index (χ3n) is 2.55. The maximum Gasteiger partial charge on any atom is 0.234 e. The first kappa shape index (κ1) is 17.8. The summed E-state index contributed by atoms with van der Waals surface area (Å²) in [6.45, 7) is 4.95. The molecule has 0 spiro atoms. The molecule has 4 nitrogen and oxygen atoms in total. The maximum absolute atomic E-state index is 10.7. The minimum atomic E-state index is -3.48. The van der Waals surface area contributed by atoms with Crippen LogP contribution in [0, 0.1) is 0 Å². The van der Waals surface area contributed by atoms with E-state index in [1.807, 2.05) is 18.2 Å². The van der Waals surface area contributed by atoms with Crippen molar-refractivity contribution < 1.29 is 17.9 Å². The Labute approximate surface area is 133 Å². The van der Waals surface area contributed by atoms with E-state index in [9.17, 15) is 8.42 Å². The summed E-state index contributed by atoms with van der Waals surface area (Å²) >= 11 is 3.44. The molecule has 0 aromatic heterocycles. The van der Waals surface area contributed by atoms with Gasteiger partial charge in [-0.1, -0.05) is 29.8 Å². The Balaban J connectivity index is 2.39. The molecule has 0 aliphatic carbocycles. The van der Waals surface area contributed by atoms with Gasteiger partial charge in [-0.2, -0.15) is 0 Å². The van der Waals surface area contributed by atoms with E-state index >= 15 is 0 Å². The third-order valence-corrected chi connectivity index (χ3v) is 4.16. The molecule has 0 aliphatic rings. The number of rotatable bonds is 8. The lowest BCUT2D eigenvalue weighted by Gasteiger charge is -2.14. The van der Waals surface area contributed by atoms with Gasteiger partial charge >= 0.3 is 0 Å². The number of halogens is 2. The first-order valence-corrected chi connectivity index (χ1v) is 9.49. The summed E-state index contributed by atoms with van der Waals surface area (Å²) in [5, 5.41) is 0. The first-order chi connectivity index (χ1) is 9.29. The normalized spacial score (nSPS) is 11.8. The summed E-state index contributed by atoms with van der Waals surface area (Å²) in [7, 11) is 1.58. The van der Waals surface area contributed by atoms with Gasteiger partial charge in [-0.3, -0.25) is 0 Å². The average molecular weight is 386 g/mol. The highest BCUT2D eigenvalue weighted by Crippen LogP contribution is 2.29. The van der Waals surface area contributed by atoms with E-state index in [1.165, 1.54) is 0 Å². The highest BCUT2D eigenvalue weighted by molar-refractivity contribution is 9.10. The summed E-state index contributed by atoms with van der Waals surface area (Å²) in [6.07, 6.45) is 0. The zero-order chi connectivity index (χ0) is 15.2. The van der Waals surface area contributed by atoms with Crippen molar-refractivity contribution in [3.63, 3.8) is 0 Å². The second-order valence-electron chi connectivity index (χ2n) is 4.54. The smallest absolute Gasteiger partial charge is 0.234 e. The molecule has 7 heteroatoms. The second-order valence-corrected chi connectivity index (χ2v) is 8.35. The number of ether oxygens (including phenoxy) is 2. The fourth-order valence-electron chi connectivity index (χ4n) is 1.57. The zero-order valence-electron chi connectivity index (χ0n) is 11.4. The van der Waals surface area contributed by atoms with E-state index in [4.69, 9.17) is 20.2 Å². The molecule has 0 unspecified atom stereocenters. The van der Waals surface area contributed by atoms with E-state index in [1.54, 1.807) is 0 Å². The van der Waals surface area contributed by atoms with Gasteiger partial charge in [-0.25, -0.2) is 8.42 Å². The average Bonchev–Trinajstić information content (AvgIpc) is 2.33. The molecule has 0 N–H and O–H groups in total. The van der Waals surface area contributed by atoms with Crippen LogP contribution in [-0.2, 0) is 13.8 Å². The van der Waals surface area contributed by atoms with Crippen LogP contribution in [0.5, 0.6) is 5.75 Å². The fourth-order valence-corrected chi connectivity index (χ4v) is 2.46. The Kier molecular flexibility index (Phi) is 7.29. The standard InChI is InChI=1S/C13H18BrClO4S/c1-10(2)12-9-11(14)3-4-13(12)19-6-5-18-7-8-20(15,16)17/h3-4,9-10H,5-8H2,1-2H3. The molecule has 0 aliphatic heterocycles. The predicted octanol–water partition coefficient (Wildman–Crippen LogP) is 3.54. The van der Waals surface area contributed by atoms with E-state index in [0.29, 0.717) is 19.1 Å². The summed E-state index contributed by atoms with van der Waals surface area (Å²) in [4.78, 5) is 0. The molecular formula is C13H18BrClO4S. The van der Waals surface area contributed by atoms with Crippen LogP contribution in [0.15, 0.2) is 22.7 Å². The molecule has 20 heavy (non-hydrogen) atoms. The second kappa shape index (κ2) is 8.22. The van der Waals surface area contributed by atoms with Gasteiger partial charge in [0, 0.05) is 15.2 Å². The Hall–Kier alpha value is -0.300. The molecule has 0 saturated carbocycles. The molecule has 0 amide bonds. The van der Waals surface area contributed by atoms with Crippen LogP contribution in [-0.4, -0.2) is 34.0 Å². The number of benzene rings is 1. The third kappa shape index (κ3) is 6.92. The van der Waals surface area contributed by atoms with Crippen LogP contribution in [0.2, 0.25) is 0 Å². The number of hydrogen-bond acceptors (Lipinski definition) is 4. The van der Waals surface area contributed by atoms with Crippen molar-refractivity contribution >= 4 is 35.7 Å². The maximum atomic E-state index is 10.7. The highest BCUT2D eigenvalue weighted by atomic mass is 79.9. The predicted molar refractivity (Wildman–Crippen MR) is 84.2 cm³/mol. The Morgan fingerprint density at radius 1 is 1.25 bits per heavy atom. The van der Waals surface area contributed by atoms with E-state index in [2.05, 4.69) is 29.8 Å². The minimum Gasteiger partial charge on any atom is -0.491 e. The molecule has 0 fully saturated rings. The Morgan fingerprint density at radius 2 is 1.95 bits per heavy atom. The molecule has 0 radical (unpaired) electrons. The molecule has 0 bridgehead atoms. The Morgan fingerprint density at radius 3 is 2.55 bits per heavy atom. The first-order valence-electron chi connectivity index (χ1n) is 6.22. The van der Waals surface area contributed by atoms with Crippen molar-refractivity contribution in [2.75, 3.05) is 25.6 Å². The molecule has 1 aromatic carbocycles. The minimum absolute atomic E-state index is 0.0760. The van der Waals surface area contributed by atoms with Gasteiger partial charge in [0.25, 0.3) is 0 Å². The van der Waals surface area contributed by atoms with Crippen LogP contribution in [0.3, 0.4) is 0 Å². The topological polar surface area (TPSA) is 52.6 Å². The Bertz CT molecular complexity index is 531. The molecular weight excluding hydrogens is 368 g/mol. The summed E-state index contributed by atoms with van der Waals surface area (Å²) < 4.78 is 33.2. The lowest BCUT2D eigenvalue weighted by atomic mass is 10.0. The summed E-state index contributed by atoms with van der Waals surface area (Å²) in [5.74, 6) is 0.978. The van der Waals surface area contributed by atoms with Crippen LogP contribution in [0.1, 0.15) is 25.3 Å². The largest absolute Gasteiger partial charge is 0.491 e. The van der Waals surface area contributed by atoms with Crippen LogP contribution >= 0.6 is 26.6 Å². The van der Waals surface area contributed by atoms with Crippen LogP contribution < -0.4 is 4.74 Å².